The van der Waals surface area contributed by atoms with Crippen molar-refractivity contribution in [1.82, 2.24) is 0 Å². The molecular formula is C9H17LaO8. The van der Waals surface area contributed by atoms with Crippen molar-refractivity contribution in [2.45, 2.75) is 20.8 Å². The maximum Gasteiger partial charge on any atom is 3.00 e. The molecule has 0 bridgehead atoms. The van der Waals surface area contributed by atoms with Crippen molar-refractivity contribution in [1.29, 1.82) is 0 Å². The first-order valence-corrected chi connectivity index (χ1v) is 4.24. The third-order valence-electron chi connectivity index (χ3n) is 0.295. The molecule has 0 aliphatic heterocycles. The SMILES string of the molecule is CC(=O)[O-].CC(=O)[O-].CC(=O)[O-].COCCO.[La+3]. The predicted octanol–water partition coefficient (Wildman–Crippen LogP) is -4.11. The molecular weight excluding hydrogens is 375 g/mol. The van der Waals surface area contributed by atoms with Gasteiger partial charge in [-0.15, -0.1) is 0 Å². The molecule has 0 atom stereocenters. The molecule has 18 heavy (non-hydrogen) atoms. The van der Waals surface area contributed by atoms with Crippen LogP contribution in [0.2, 0.25) is 0 Å². The fourth-order valence-electron chi connectivity index (χ4n) is 0.0913. The maximum atomic E-state index is 8.89. The van der Waals surface area contributed by atoms with E-state index in [1.54, 1.807) is 7.11 Å². The molecule has 0 amide bonds. The van der Waals surface area contributed by atoms with Crippen molar-refractivity contribution < 1.29 is 75.1 Å². The van der Waals surface area contributed by atoms with Crippen molar-refractivity contribution in [3.05, 3.63) is 0 Å². The quantitative estimate of drug-likeness (QED) is 0.498. The standard InChI is InChI=1S/C3H8O2.3C2H4O2.La/c1-5-3-2-4;3*1-2(3)4;/h4H,2-3H2,1H3;3*1H3,(H,3,4);/q;;;;+3/p-3. The van der Waals surface area contributed by atoms with Gasteiger partial charge in [-0.3, -0.25) is 0 Å². The van der Waals surface area contributed by atoms with Crippen LogP contribution < -0.4 is 15.3 Å². The summed E-state index contributed by atoms with van der Waals surface area (Å²) < 4.78 is 4.44. The molecule has 0 radical (unpaired) electrons. The molecule has 0 spiro atoms. The van der Waals surface area contributed by atoms with Crippen LogP contribution in [0.4, 0.5) is 0 Å². The number of carbonyl (C=O) groups is 3. The summed E-state index contributed by atoms with van der Waals surface area (Å²) >= 11 is 0. The fraction of sp³-hybridized carbons (Fsp3) is 0.667. The second-order valence-electron chi connectivity index (χ2n) is 2.19. The van der Waals surface area contributed by atoms with E-state index < -0.39 is 17.9 Å². The van der Waals surface area contributed by atoms with Crippen LogP contribution in [-0.4, -0.2) is 43.3 Å². The van der Waals surface area contributed by atoms with Gasteiger partial charge in [0.25, 0.3) is 0 Å². The first kappa shape index (κ1) is 30.5. The van der Waals surface area contributed by atoms with Gasteiger partial charge in [-0.2, -0.15) is 0 Å². The Morgan fingerprint density at radius 3 is 1.11 bits per heavy atom. The summed E-state index contributed by atoms with van der Waals surface area (Å²) in [6.45, 7) is 3.48. The average molecular weight is 392 g/mol. The van der Waals surface area contributed by atoms with Gasteiger partial charge in [-0.25, -0.2) is 0 Å². The molecule has 0 fully saturated rings. The number of hydrogen-bond donors (Lipinski definition) is 1. The van der Waals surface area contributed by atoms with Gasteiger partial charge in [0.2, 0.25) is 0 Å². The number of hydrogen-bond acceptors (Lipinski definition) is 8. The van der Waals surface area contributed by atoms with Gasteiger partial charge in [-0.05, 0) is 20.8 Å². The van der Waals surface area contributed by atoms with E-state index in [9.17, 15) is 0 Å². The summed E-state index contributed by atoms with van der Waals surface area (Å²) in [5, 5.41) is 34.6. The second-order valence-corrected chi connectivity index (χ2v) is 2.19. The minimum Gasteiger partial charge on any atom is -0.550 e. The zero-order valence-electron chi connectivity index (χ0n) is 10.8. The van der Waals surface area contributed by atoms with Gasteiger partial charge >= 0.3 is 35.6 Å². The molecule has 8 nitrogen and oxygen atoms in total. The van der Waals surface area contributed by atoms with E-state index in [0.717, 1.165) is 20.8 Å². The topological polar surface area (TPSA) is 150 Å². The molecule has 0 aromatic rings. The second kappa shape index (κ2) is 30.0. The van der Waals surface area contributed by atoms with Crippen LogP contribution in [0.1, 0.15) is 20.8 Å². The normalized spacial score (nSPS) is 6.50. The third kappa shape index (κ3) is 1410. The molecule has 0 aromatic carbocycles. The Kier molecular flexibility index (Phi) is 50.8. The van der Waals surface area contributed by atoms with E-state index in [1.807, 2.05) is 0 Å². The van der Waals surface area contributed by atoms with Crippen LogP contribution in [0.5, 0.6) is 0 Å². The van der Waals surface area contributed by atoms with Crippen molar-refractivity contribution in [3.63, 3.8) is 0 Å². The third-order valence-corrected chi connectivity index (χ3v) is 0.295. The predicted molar refractivity (Wildman–Crippen MR) is 51.0 cm³/mol. The minimum atomic E-state index is -1.08. The zero-order chi connectivity index (χ0) is 14.9. The molecule has 0 saturated heterocycles. The molecule has 0 saturated carbocycles. The van der Waals surface area contributed by atoms with Gasteiger partial charge in [-0.1, -0.05) is 0 Å². The van der Waals surface area contributed by atoms with Gasteiger partial charge in [0.15, 0.2) is 0 Å². The summed E-state index contributed by atoms with van der Waals surface area (Å²) in [6.07, 6.45) is 0. The molecule has 0 rings (SSSR count). The van der Waals surface area contributed by atoms with Crippen LogP contribution in [-0.2, 0) is 19.1 Å². The zero-order valence-corrected chi connectivity index (χ0v) is 14.4. The minimum absolute atomic E-state index is 0. The van der Waals surface area contributed by atoms with E-state index in [2.05, 4.69) is 4.74 Å². The number of aliphatic hydroxyl groups excluding tert-OH is 1. The first-order valence-electron chi connectivity index (χ1n) is 4.24. The Bertz CT molecular complexity index is 152. The van der Waals surface area contributed by atoms with E-state index >= 15 is 0 Å². The monoisotopic (exact) mass is 392 g/mol. The number of aliphatic hydroxyl groups is 1. The number of carboxylic acids is 3. The summed E-state index contributed by atoms with van der Waals surface area (Å²) in [5.74, 6) is -3.25. The summed E-state index contributed by atoms with van der Waals surface area (Å²) in [7, 11) is 1.55. The molecule has 104 valence electrons. The van der Waals surface area contributed by atoms with Crippen LogP contribution >= 0.6 is 0 Å². The fourth-order valence-corrected chi connectivity index (χ4v) is 0.0913. The Balaban J connectivity index is -0.0000000412. The van der Waals surface area contributed by atoms with Gasteiger partial charge in [0.1, 0.15) is 0 Å². The maximum absolute atomic E-state index is 8.89. The van der Waals surface area contributed by atoms with E-state index in [-0.39, 0.29) is 42.2 Å². The van der Waals surface area contributed by atoms with Gasteiger partial charge in [0.05, 0.1) is 13.2 Å². The molecule has 0 heterocycles. The Morgan fingerprint density at radius 1 is 0.944 bits per heavy atom. The van der Waals surface area contributed by atoms with Crippen molar-refractivity contribution in [3.8, 4) is 0 Å². The van der Waals surface area contributed by atoms with Crippen LogP contribution in [0.15, 0.2) is 0 Å². The summed E-state index contributed by atoms with van der Waals surface area (Å²) in [4.78, 5) is 26.7. The Labute approximate surface area is 134 Å². The molecule has 0 aromatic heterocycles. The summed E-state index contributed by atoms with van der Waals surface area (Å²) in [6, 6.07) is 0. The number of aliphatic carboxylic acids is 3. The van der Waals surface area contributed by atoms with Crippen LogP contribution in [0.3, 0.4) is 0 Å². The van der Waals surface area contributed by atoms with E-state index in [4.69, 9.17) is 34.8 Å². The molecule has 0 aliphatic rings. The van der Waals surface area contributed by atoms with Gasteiger partial charge in [0, 0.05) is 25.0 Å². The smallest absolute Gasteiger partial charge is 0.550 e. The summed E-state index contributed by atoms with van der Waals surface area (Å²) in [5.41, 5.74) is 0. The van der Waals surface area contributed by atoms with Crippen LogP contribution in [0, 0.1) is 35.6 Å². The molecule has 1 N–H and O–H groups in total. The average Bonchev–Trinajstić information content (AvgIpc) is 2.01. The largest absolute Gasteiger partial charge is 3.00 e. The number of carbonyl (C=O) groups excluding carboxylic acids is 3. The van der Waals surface area contributed by atoms with Crippen molar-refractivity contribution in [2.24, 2.45) is 0 Å². The molecule has 9 heteroatoms. The number of methoxy groups -OCH3 is 1. The van der Waals surface area contributed by atoms with E-state index in [1.165, 1.54) is 0 Å². The number of carboxylic acid groups (broad SMARTS) is 3. The van der Waals surface area contributed by atoms with Crippen LogP contribution in [0.25, 0.3) is 0 Å². The Hall–Kier alpha value is -0.475. The van der Waals surface area contributed by atoms with Crippen molar-refractivity contribution >= 4 is 17.9 Å². The number of rotatable bonds is 2. The van der Waals surface area contributed by atoms with Gasteiger partial charge < -0.3 is 39.5 Å². The van der Waals surface area contributed by atoms with E-state index in [0.29, 0.717) is 6.61 Å². The number of ether oxygens (including phenoxy) is 1. The Morgan fingerprint density at radius 2 is 1.11 bits per heavy atom. The first-order chi connectivity index (χ1) is 7.61. The molecule has 0 unspecified atom stereocenters. The molecule has 0 aliphatic carbocycles. The van der Waals surface area contributed by atoms with Crippen molar-refractivity contribution in [2.75, 3.05) is 20.3 Å².